The largest absolute Gasteiger partial charge is 0.471 e. The second-order valence-electron chi connectivity index (χ2n) is 6.40. The zero-order chi connectivity index (χ0) is 17.6. The van der Waals surface area contributed by atoms with Gasteiger partial charge in [0.1, 0.15) is 0 Å². The third-order valence-electron chi connectivity index (χ3n) is 5.16. The smallest absolute Gasteiger partial charge is 0.0981 e. The van der Waals surface area contributed by atoms with Crippen LogP contribution in [0, 0.1) is 0 Å². The van der Waals surface area contributed by atoms with E-state index in [0.717, 1.165) is 22.2 Å². The van der Waals surface area contributed by atoms with Crippen LogP contribution < -0.4 is 0 Å². The Kier molecular flexibility index (Phi) is 3.65. The third-order valence-corrected chi connectivity index (χ3v) is 5.16. The number of furan rings is 1. The van der Waals surface area contributed by atoms with Crippen molar-refractivity contribution in [3.63, 3.8) is 0 Å². The van der Waals surface area contributed by atoms with Gasteiger partial charge in [0.05, 0.1) is 29.8 Å². The van der Waals surface area contributed by atoms with Crippen molar-refractivity contribution in [1.82, 2.24) is 0 Å². The minimum Gasteiger partial charge on any atom is -0.471 e. The van der Waals surface area contributed by atoms with Crippen molar-refractivity contribution in [2.24, 2.45) is 9.98 Å². The van der Waals surface area contributed by atoms with Crippen LogP contribution in [0.5, 0.6) is 0 Å². The minimum atomic E-state index is 0.0622. The van der Waals surface area contributed by atoms with Gasteiger partial charge in [-0.05, 0) is 49.4 Å². The zero-order valence-corrected chi connectivity index (χ0v) is 14.5. The van der Waals surface area contributed by atoms with Crippen LogP contribution in [0.4, 0.5) is 0 Å². The number of nitrogens with zero attached hydrogens (tertiary/aromatic N) is 2. The Hall–Kier alpha value is -2.94. The predicted molar refractivity (Wildman–Crippen MR) is 104 cm³/mol. The standard InChI is InChI=1S/C22H20N2O/c1-5-7-8-16-13(3)19-17-9-14-11-25-12-15(14)10-18(17)20(16)22(24-6-2)21(19)23-4/h5-12,19-20H,1,4H2,2-3H3/b8-7-,24-6?. The molecule has 0 aliphatic heterocycles. The molecule has 1 aromatic carbocycles. The molecule has 2 unspecified atom stereocenters. The molecule has 0 fully saturated rings. The van der Waals surface area contributed by atoms with Crippen molar-refractivity contribution in [3.05, 3.63) is 83.1 Å². The molecule has 2 bridgehead atoms. The fraction of sp³-hybridized carbons (Fsp3) is 0.182. The first-order valence-electron chi connectivity index (χ1n) is 8.40. The first-order valence-corrected chi connectivity index (χ1v) is 8.40. The Morgan fingerprint density at radius 3 is 2.36 bits per heavy atom. The van der Waals surface area contributed by atoms with Gasteiger partial charge in [-0.3, -0.25) is 9.98 Å². The molecule has 25 heavy (non-hydrogen) atoms. The topological polar surface area (TPSA) is 37.9 Å². The first kappa shape index (κ1) is 15.6. The Balaban J connectivity index is 2.05. The summed E-state index contributed by atoms with van der Waals surface area (Å²) in [5.41, 5.74) is 7.09. The number of aliphatic imine (C=N–C) groups is 2. The fourth-order valence-corrected chi connectivity index (χ4v) is 4.14. The molecule has 0 saturated heterocycles. The molecule has 3 heteroatoms. The summed E-state index contributed by atoms with van der Waals surface area (Å²) >= 11 is 0. The molecule has 2 atom stereocenters. The lowest BCUT2D eigenvalue weighted by atomic mass is 9.64. The van der Waals surface area contributed by atoms with E-state index in [9.17, 15) is 0 Å². The Bertz CT molecular complexity index is 1010. The highest BCUT2D eigenvalue weighted by molar-refractivity contribution is 5.85. The van der Waals surface area contributed by atoms with Crippen molar-refractivity contribution >= 4 is 23.7 Å². The van der Waals surface area contributed by atoms with Gasteiger partial charge in [-0.15, -0.1) is 0 Å². The molecule has 0 radical (unpaired) electrons. The summed E-state index contributed by atoms with van der Waals surface area (Å²) in [7, 11) is 0. The number of rotatable bonds is 4. The number of fused-ring (bicyclic) bond motifs is 1. The number of hydrogen-bond acceptors (Lipinski definition) is 3. The molecule has 124 valence electrons. The number of allylic oxidation sites excluding steroid dienone is 5. The van der Waals surface area contributed by atoms with Gasteiger partial charge in [0.2, 0.25) is 0 Å². The summed E-state index contributed by atoms with van der Waals surface area (Å²) in [6, 6.07) is 4.45. The molecule has 5 rings (SSSR count). The van der Waals surface area contributed by atoms with Crippen molar-refractivity contribution in [2.45, 2.75) is 25.7 Å². The van der Waals surface area contributed by atoms with Gasteiger partial charge in [-0.1, -0.05) is 30.4 Å². The lowest BCUT2D eigenvalue weighted by molar-refractivity contribution is 0.572. The second-order valence-corrected chi connectivity index (χ2v) is 6.40. The maximum Gasteiger partial charge on any atom is 0.0981 e. The van der Waals surface area contributed by atoms with Crippen LogP contribution in [0.25, 0.3) is 10.8 Å². The van der Waals surface area contributed by atoms with Crippen LogP contribution in [0.15, 0.2) is 86.4 Å². The fourth-order valence-electron chi connectivity index (χ4n) is 4.14. The predicted octanol–water partition coefficient (Wildman–Crippen LogP) is 5.69. The molecule has 2 aromatic rings. The number of benzene rings is 1. The molecule has 0 amide bonds. The molecule has 3 nitrogen and oxygen atoms in total. The lowest BCUT2D eigenvalue weighted by Crippen LogP contribution is -2.26. The van der Waals surface area contributed by atoms with Gasteiger partial charge in [0.25, 0.3) is 0 Å². The minimum absolute atomic E-state index is 0.0622. The van der Waals surface area contributed by atoms with Crippen LogP contribution in [0.1, 0.15) is 36.8 Å². The van der Waals surface area contributed by atoms with E-state index >= 15 is 0 Å². The summed E-state index contributed by atoms with van der Waals surface area (Å²) < 4.78 is 5.40. The summed E-state index contributed by atoms with van der Waals surface area (Å²) in [6.07, 6.45) is 11.4. The molecule has 0 N–H and O–H groups in total. The highest BCUT2D eigenvalue weighted by atomic mass is 16.3. The maximum absolute atomic E-state index is 5.40. The van der Waals surface area contributed by atoms with E-state index < -0.39 is 0 Å². The van der Waals surface area contributed by atoms with E-state index in [4.69, 9.17) is 4.42 Å². The maximum atomic E-state index is 5.40. The summed E-state index contributed by atoms with van der Waals surface area (Å²) in [6.45, 7) is 11.7. The molecule has 3 aliphatic carbocycles. The first-order chi connectivity index (χ1) is 12.2. The van der Waals surface area contributed by atoms with Gasteiger partial charge in [0.15, 0.2) is 0 Å². The molecule has 1 aromatic heterocycles. The van der Waals surface area contributed by atoms with E-state index in [1.54, 1.807) is 12.5 Å². The molecule has 0 spiro atoms. The van der Waals surface area contributed by atoms with Crippen molar-refractivity contribution < 1.29 is 4.42 Å². The van der Waals surface area contributed by atoms with E-state index in [1.807, 2.05) is 25.3 Å². The van der Waals surface area contributed by atoms with Crippen LogP contribution in [-0.4, -0.2) is 12.9 Å². The van der Waals surface area contributed by atoms with E-state index in [-0.39, 0.29) is 11.8 Å². The van der Waals surface area contributed by atoms with Crippen LogP contribution in [0.3, 0.4) is 0 Å². The summed E-state index contributed by atoms with van der Waals surface area (Å²) in [5, 5.41) is 2.23. The van der Waals surface area contributed by atoms with Gasteiger partial charge >= 0.3 is 0 Å². The van der Waals surface area contributed by atoms with E-state index in [2.05, 4.69) is 48.4 Å². The Labute approximate surface area is 147 Å². The van der Waals surface area contributed by atoms with Gasteiger partial charge in [0, 0.05) is 22.9 Å². The molecule has 1 heterocycles. The monoisotopic (exact) mass is 328 g/mol. The van der Waals surface area contributed by atoms with Crippen LogP contribution >= 0.6 is 0 Å². The lowest BCUT2D eigenvalue weighted by Gasteiger charge is -2.41. The summed E-state index contributed by atoms with van der Waals surface area (Å²) in [5.74, 6) is 0.146. The van der Waals surface area contributed by atoms with Crippen molar-refractivity contribution in [3.8, 4) is 0 Å². The Morgan fingerprint density at radius 2 is 1.76 bits per heavy atom. The SMILES string of the molecule is C=C/C=C\C1=C(C)C2C(N=C)=C(N=CC)C1c1cc3cocc3cc12. The normalized spacial score (nSPS) is 22.5. The quantitative estimate of drug-likeness (QED) is 0.525. The van der Waals surface area contributed by atoms with Crippen molar-refractivity contribution in [1.29, 1.82) is 0 Å². The van der Waals surface area contributed by atoms with Gasteiger partial charge < -0.3 is 4.42 Å². The molecule has 3 aliphatic rings. The van der Waals surface area contributed by atoms with Crippen molar-refractivity contribution in [2.75, 3.05) is 0 Å². The number of hydrogen-bond donors (Lipinski definition) is 0. The average molecular weight is 328 g/mol. The third kappa shape index (κ3) is 2.12. The molecular formula is C22H20N2O. The summed E-state index contributed by atoms with van der Waals surface area (Å²) in [4.78, 5) is 9.06. The Morgan fingerprint density at radius 1 is 1.08 bits per heavy atom. The molecular weight excluding hydrogens is 308 g/mol. The van der Waals surface area contributed by atoms with E-state index in [0.29, 0.717) is 0 Å². The van der Waals surface area contributed by atoms with Crippen LogP contribution in [-0.2, 0) is 0 Å². The zero-order valence-electron chi connectivity index (χ0n) is 14.5. The molecule has 0 saturated carbocycles. The van der Waals surface area contributed by atoms with E-state index in [1.165, 1.54) is 22.3 Å². The average Bonchev–Trinajstić information content (AvgIpc) is 3.07. The van der Waals surface area contributed by atoms with Gasteiger partial charge in [-0.2, -0.15) is 0 Å². The highest BCUT2D eigenvalue weighted by Crippen LogP contribution is 2.56. The van der Waals surface area contributed by atoms with Gasteiger partial charge in [-0.25, -0.2) is 0 Å². The van der Waals surface area contributed by atoms with Crippen LogP contribution in [0.2, 0.25) is 0 Å². The highest BCUT2D eigenvalue weighted by Gasteiger charge is 2.42. The second kappa shape index (κ2) is 5.85.